The minimum Gasteiger partial charge on any atom is -0.477 e. The van der Waals surface area contributed by atoms with Crippen LogP contribution >= 0.6 is 0 Å². The van der Waals surface area contributed by atoms with E-state index in [4.69, 9.17) is 4.74 Å². The van der Waals surface area contributed by atoms with Crippen LogP contribution in [0.3, 0.4) is 0 Å². The van der Waals surface area contributed by atoms with E-state index in [1.165, 1.54) is 4.57 Å². The molecule has 1 N–H and O–H groups in total. The van der Waals surface area contributed by atoms with Crippen molar-refractivity contribution in [2.24, 2.45) is 0 Å². The molecular formula is C20H25F2N3O4. The fourth-order valence-corrected chi connectivity index (χ4v) is 3.72. The van der Waals surface area contributed by atoms with Gasteiger partial charge in [-0.3, -0.25) is 4.79 Å². The number of carboxylic acids is 1. The van der Waals surface area contributed by atoms with Crippen molar-refractivity contribution in [2.45, 2.75) is 26.0 Å². The number of pyridine rings is 1. The van der Waals surface area contributed by atoms with Gasteiger partial charge in [0.15, 0.2) is 5.82 Å². The third-order valence-corrected chi connectivity index (χ3v) is 4.99. The molecule has 0 aliphatic carbocycles. The second-order valence-corrected chi connectivity index (χ2v) is 7.80. The number of halogens is 2. The number of fused-ring (bicyclic) bond motifs is 1. The number of rotatable bonds is 5. The number of carboxylic acid groups (broad SMARTS) is 1. The lowest BCUT2D eigenvalue weighted by atomic mass is 10.1. The van der Waals surface area contributed by atoms with Gasteiger partial charge in [0.05, 0.1) is 23.6 Å². The zero-order valence-electron chi connectivity index (χ0n) is 16.9. The normalized spacial score (nSPS) is 17.5. The molecule has 1 unspecified atom stereocenters. The minimum absolute atomic E-state index is 0.0953. The molecule has 0 bridgehead atoms. The van der Waals surface area contributed by atoms with E-state index in [2.05, 4.69) is 0 Å². The van der Waals surface area contributed by atoms with Gasteiger partial charge in [0.2, 0.25) is 5.43 Å². The molecule has 1 fully saturated rings. The number of hydrogen-bond donors (Lipinski definition) is 1. The predicted octanol–water partition coefficient (Wildman–Crippen LogP) is 2.33. The summed E-state index contributed by atoms with van der Waals surface area (Å²) in [6.45, 7) is 5.01. The van der Waals surface area contributed by atoms with Crippen molar-refractivity contribution >= 4 is 22.6 Å². The second-order valence-electron chi connectivity index (χ2n) is 7.80. The first kappa shape index (κ1) is 21.2. The third-order valence-electron chi connectivity index (χ3n) is 4.99. The fraction of sp³-hybridized carbons (Fsp3) is 0.500. The summed E-state index contributed by atoms with van der Waals surface area (Å²) in [4.78, 5) is 27.5. The highest BCUT2D eigenvalue weighted by molar-refractivity contribution is 5.94. The van der Waals surface area contributed by atoms with Crippen molar-refractivity contribution in [2.75, 3.05) is 45.2 Å². The minimum atomic E-state index is -1.43. The molecule has 3 rings (SSSR count). The number of ether oxygens (including phenoxy) is 1. The van der Waals surface area contributed by atoms with Crippen molar-refractivity contribution in [3.8, 4) is 0 Å². The van der Waals surface area contributed by atoms with E-state index in [1.807, 2.05) is 19.0 Å². The predicted molar refractivity (Wildman–Crippen MR) is 106 cm³/mol. The molecule has 0 saturated carbocycles. The lowest BCUT2D eigenvalue weighted by Crippen LogP contribution is -2.47. The van der Waals surface area contributed by atoms with E-state index in [1.54, 1.807) is 18.7 Å². The van der Waals surface area contributed by atoms with Crippen LogP contribution < -0.4 is 10.3 Å². The zero-order chi connectivity index (χ0) is 21.5. The number of nitrogens with zero attached hydrogens (tertiary/aromatic N) is 3. The Morgan fingerprint density at radius 3 is 2.66 bits per heavy atom. The highest BCUT2D eigenvalue weighted by Gasteiger charge is 2.29. The van der Waals surface area contributed by atoms with Gasteiger partial charge in [0, 0.05) is 31.9 Å². The van der Waals surface area contributed by atoms with Crippen molar-refractivity contribution < 1.29 is 23.4 Å². The molecule has 1 aromatic carbocycles. The Morgan fingerprint density at radius 2 is 2.07 bits per heavy atom. The lowest BCUT2D eigenvalue weighted by Gasteiger charge is -2.36. The van der Waals surface area contributed by atoms with Gasteiger partial charge >= 0.3 is 5.97 Å². The van der Waals surface area contributed by atoms with E-state index in [-0.39, 0.29) is 28.7 Å². The number of aromatic nitrogens is 1. The molecule has 2 aromatic rings. The van der Waals surface area contributed by atoms with Crippen LogP contribution in [-0.2, 0) is 4.74 Å². The van der Waals surface area contributed by atoms with E-state index >= 15 is 4.39 Å². The third kappa shape index (κ3) is 3.97. The summed E-state index contributed by atoms with van der Waals surface area (Å²) in [6.07, 6.45) is 0.909. The highest BCUT2D eigenvalue weighted by Crippen LogP contribution is 2.32. The smallest absolute Gasteiger partial charge is 0.341 e. The summed E-state index contributed by atoms with van der Waals surface area (Å²) in [5.74, 6) is -3.19. The van der Waals surface area contributed by atoms with Crippen LogP contribution in [-0.4, -0.2) is 67.0 Å². The van der Waals surface area contributed by atoms with E-state index in [0.717, 1.165) is 12.3 Å². The van der Waals surface area contributed by atoms with Crippen molar-refractivity contribution in [3.63, 3.8) is 0 Å². The van der Waals surface area contributed by atoms with Gasteiger partial charge in [0.25, 0.3) is 0 Å². The molecule has 1 aliphatic rings. The fourth-order valence-electron chi connectivity index (χ4n) is 3.72. The summed E-state index contributed by atoms with van der Waals surface area (Å²) in [7, 11) is 3.78. The van der Waals surface area contributed by atoms with E-state index in [0.29, 0.717) is 26.2 Å². The number of morpholine rings is 1. The maximum Gasteiger partial charge on any atom is 0.341 e. The topological polar surface area (TPSA) is 75.0 Å². The second kappa shape index (κ2) is 8.08. The van der Waals surface area contributed by atoms with Gasteiger partial charge in [-0.1, -0.05) is 0 Å². The van der Waals surface area contributed by atoms with E-state index < -0.39 is 28.6 Å². The largest absolute Gasteiger partial charge is 0.477 e. The molecule has 9 heteroatoms. The van der Waals surface area contributed by atoms with Crippen LogP contribution in [0.4, 0.5) is 14.5 Å². The highest BCUT2D eigenvalue weighted by atomic mass is 19.1. The lowest BCUT2D eigenvalue weighted by molar-refractivity contribution is 0.0244. The Kier molecular flexibility index (Phi) is 5.90. The van der Waals surface area contributed by atoms with Crippen LogP contribution in [0.25, 0.3) is 10.9 Å². The first-order chi connectivity index (χ1) is 13.6. The zero-order valence-corrected chi connectivity index (χ0v) is 16.9. The van der Waals surface area contributed by atoms with Gasteiger partial charge in [-0.2, -0.15) is 0 Å². The maximum atomic E-state index is 15.6. The van der Waals surface area contributed by atoms with Crippen LogP contribution in [0.15, 0.2) is 17.1 Å². The number of aromatic carboxylic acids is 1. The van der Waals surface area contributed by atoms with Crippen molar-refractivity contribution in [3.05, 3.63) is 39.7 Å². The summed E-state index contributed by atoms with van der Waals surface area (Å²) < 4.78 is 37.6. The quantitative estimate of drug-likeness (QED) is 0.817. The molecule has 158 valence electrons. The average Bonchev–Trinajstić information content (AvgIpc) is 2.61. The number of anilines is 1. The van der Waals surface area contributed by atoms with Gasteiger partial charge in [-0.25, -0.2) is 13.6 Å². The summed E-state index contributed by atoms with van der Waals surface area (Å²) >= 11 is 0. The molecule has 1 aromatic heterocycles. The Hall–Kier alpha value is -2.52. The number of hydrogen-bond acceptors (Lipinski definition) is 5. The Bertz CT molecular complexity index is 1000. The van der Waals surface area contributed by atoms with Crippen LogP contribution in [0.1, 0.15) is 30.2 Å². The molecule has 2 heterocycles. The van der Waals surface area contributed by atoms with Crippen LogP contribution in [0.2, 0.25) is 0 Å². The number of benzene rings is 1. The summed E-state index contributed by atoms with van der Waals surface area (Å²) in [6, 6.07) is 0.604. The Morgan fingerprint density at radius 1 is 1.38 bits per heavy atom. The Balaban J connectivity index is 2.20. The van der Waals surface area contributed by atoms with Crippen molar-refractivity contribution in [1.82, 2.24) is 9.47 Å². The monoisotopic (exact) mass is 409 g/mol. The first-order valence-electron chi connectivity index (χ1n) is 9.43. The maximum absolute atomic E-state index is 15.6. The molecule has 1 aliphatic heterocycles. The van der Waals surface area contributed by atoms with E-state index in [9.17, 15) is 19.1 Å². The van der Waals surface area contributed by atoms with Gasteiger partial charge in [-0.05, 0) is 34.0 Å². The van der Waals surface area contributed by atoms with Gasteiger partial charge in [0.1, 0.15) is 17.1 Å². The molecular weight excluding hydrogens is 384 g/mol. The molecule has 0 amide bonds. The van der Waals surface area contributed by atoms with Gasteiger partial charge < -0.3 is 24.2 Å². The van der Waals surface area contributed by atoms with Gasteiger partial charge in [-0.15, -0.1) is 0 Å². The number of carbonyl (C=O) groups is 1. The molecule has 29 heavy (non-hydrogen) atoms. The van der Waals surface area contributed by atoms with Crippen molar-refractivity contribution in [1.29, 1.82) is 0 Å². The number of likely N-dealkylation sites (N-methyl/N-ethyl adjacent to an activating group) is 1. The molecule has 0 radical (unpaired) electrons. The summed E-state index contributed by atoms with van der Waals surface area (Å²) in [5, 5.41) is 9.02. The molecule has 1 atom stereocenters. The molecule has 1 saturated heterocycles. The van der Waals surface area contributed by atoms with Crippen LogP contribution in [0, 0.1) is 11.6 Å². The van der Waals surface area contributed by atoms with Crippen LogP contribution in [0.5, 0.6) is 0 Å². The SMILES string of the molecule is CC(C)n1cc(C(=O)O)c(=O)c2cc(F)c(N3CCOC(CN(C)C)C3)c(F)c21. The summed E-state index contributed by atoms with van der Waals surface area (Å²) in [5.41, 5.74) is -1.74. The Labute approximate surface area is 167 Å². The first-order valence-corrected chi connectivity index (χ1v) is 9.43. The molecule has 7 nitrogen and oxygen atoms in total. The average molecular weight is 409 g/mol. The standard InChI is InChI=1S/C20H25F2N3O4/c1-11(2)25-10-14(20(27)28)19(26)13-7-15(21)18(16(22)17(13)25)24-5-6-29-12(9-24)8-23(3)4/h7,10-12H,5-6,8-9H2,1-4H3,(H,27,28). The molecule has 0 spiro atoms.